The maximum absolute atomic E-state index is 13.7. The number of ether oxygens (including phenoxy) is 1. The third-order valence-corrected chi connectivity index (χ3v) is 7.16. The molecule has 1 aliphatic heterocycles. The van der Waals surface area contributed by atoms with Crippen LogP contribution in [0.3, 0.4) is 0 Å². The molecule has 0 spiro atoms. The summed E-state index contributed by atoms with van der Waals surface area (Å²) in [6.07, 6.45) is 0. The topological polar surface area (TPSA) is 135 Å². The van der Waals surface area contributed by atoms with E-state index in [1.54, 1.807) is 18.2 Å². The number of primary amides is 1. The van der Waals surface area contributed by atoms with E-state index in [1.165, 1.54) is 17.0 Å². The molecule has 0 radical (unpaired) electrons. The van der Waals surface area contributed by atoms with Gasteiger partial charge in [0.05, 0.1) is 21.6 Å². The number of hydrogen-bond donors (Lipinski definition) is 2. The number of nitro groups is 1. The summed E-state index contributed by atoms with van der Waals surface area (Å²) in [6.45, 7) is 1.54. The average Bonchev–Trinajstić information content (AvgIpc) is 3.48. The highest BCUT2D eigenvalue weighted by atomic mass is 35.5. The fourth-order valence-corrected chi connectivity index (χ4v) is 5.26. The van der Waals surface area contributed by atoms with Crippen LogP contribution in [0.2, 0.25) is 0 Å². The van der Waals surface area contributed by atoms with E-state index in [0.29, 0.717) is 34.7 Å². The van der Waals surface area contributed by atoms with E-state index in [4.69, 9.17) is 22.1 Å². The van der Waals surface area contributed by atoms with Gasteiger partial charge in [0.15, 0.2) is 0 Å². The minimum atomic E-state index is -0.768. The lowest BCUT2D eigenvalue weighted by Gasteiger charge is -2.17. The predicted octanol–water partition coefficient (Wildman–Crippen LogP) is 4.25. The summed E-state index contributed by atoms with van der Waals surface area (Å²) in [5, 5.41) is 13.5. The fourth-order valence-electron chi connectivity index (χ4n) is 5.01. The van der Waals surface area contributed by atoms with Crippen LogP contribution in [-0.2, 0) is 0 Å². The number of hydrogen-bond acceptors (Lipinski definition) is 6. The Balaban J connectivity index is 1.56. The Morgan fingerprint density at radius 1 is 1.24 bits per heavy atom. The monoisotopic (exact) mass is 535 g/mol. The number of nitrogens with two attached hydrogens (primary N) is 1. The van der Waals surface area contributed by atoms with E-state index < -0.39 is 10.8 Å². The molecule has 11 heteroatoms. The molecule has 196 valence electrons. The van der Waals surface area contributed by atoms with E-state index in [-0.39, 0.29) is 40.9 Å². The van der Waals surface area contributed by atoms with E-state index in [2.05, 4.69) is 4.98 Å². The van der Waals surface area contributed by atoms with E-state index in [9.17, 15) is 19.7 Å². The largest absolute Gasteiger partial charge is 0.492 e. The first-order chi connectivity index (χ1) is 18.2. The molecule has 2 heterocycles. The van der Waals surface area contributed by atoms with Crippen molar-refractivity contribution in [2.75, 3.05) is 44.6 Å². The number of H-pyrrole nitrogens is 1. The number of amides is 2. The van der Waals surface area contributed by atoms with Crippen molar-refractivity contribution in [3.8, 4) is 5.75 Å². The molecule has 2 amide bonds. The van der Waals surface area contributed by atoms with Gasteiger partial charge in [0, 0.05) is 41.9 Å². The van der Waals surface area contributed by atoms with Crippen molar-refractivity contribution in [3.05, 3.63) is 75.5 Å². The molecule has 38 heavy (non-hydrogen) atoms. The van der Waals surface area contributed by atoms with Crippen molar-refractivity contribution in [2.24, 2.45) is 5.73 Å². The van der Waals surface area contributed by atoms with E-state index in [0.717, 1.165) is 17.4 Å². The molecule has 4 aromatic rings. The van der Waals surface area contributed by atoms with E-state index in [1.807, 2.05) is 37.2 Å². The lowest BCUT2D eigenvalue weighted by Crippen LogP contribution is -2.30. The van der Waals surface area contributed by atoms with Gasteiger partial charge in [0.2, 0.25) is 5.91 Å². The number of nitro benzene ring substituents is 1. The maximum atomic E-state index is 13.7. The number of anilines is 1. The molecule has 3 aromatic carbocycles. The Bertz CT molecular complexity index is 1600. The van der Waals surface area contributed by atoms with Crippen LogP contribution < -0.4 is 15.4 Å². The van der Waals surface area contributed by atoms with Crippen molar-refractivity contribution >= 4 is 56.5 Å². The van der Waals surface area contributed by atoms with Gasteiger partial charge in [-0.05, 0) is 55.4 Å². The van der Waals surface area contributed by atoms with Crippen molar-refractivity contribution in [2.45, 2.75) is 5.92 Å². The summed E-state index contributed by atoms with van der Waals surface area (Å²) in [4.78, 5) is 44.0. The van der Waals surface area contributed by atoms with Gasteiger partial charge in [-0.2, -0.15) is 0 Å². The quantitative estimate of drug-likeness (QED) is 0.197. The summed E-state index contributed by atoms with van der Waals surface area (Å²) in [5.41, 5.74) is 7.47. The highest BCUT2D eigenvalue weighted by Crippen LogP contribution is 2.46. The summed E-state index contributed by atoms with van der Waals surface area (Å²) < 4.78 is 5.81. The third kappa shape index (κ3) is 4.42. The first-order valence-electron chi connectivity index (χ1n) is 12.0. The molecule has 10 nitrogen and oxygen atoms in total. The third-order valence-electron chi connectivity index (χ3n) is 6.79. The molecule has 0 fully saturated rings. The molecule has 1 unspecified atom stereocenters. The second-order valence-corrected chi connectivity index (χ2v) is 9.84. The number of non-ortho nitro benzene ring substituents is 1. The van der Waals surface area contributed by atoms with Gasteiger partial charge in [0.25, 0.3) is 11.6 Å². The van der Waals surface area contributed by atoms with Crippen LogP contribution >= 0.6 is 11.6 Å². The molecule has 0 aliphatic carbocycles. The van der Waals surface area contributed by atoms with Crippen LogP contribution in [0.15, 0.2) is 48.5 Å². The molecule has 1 atom stereocenters. The lowest BCUT2D eigenvalue weighted by atomic mass is 9.92. The van der Waals surface area contributed by atoms with Crippen LogP contribution in [-0.4, -0.2) is 66.3 Å². The zero-order chi connectivity index (χ0) is 27.1. The van der Waals surface area contributed by atoms with Crippen molar-refractivity contribution in [1.29, 1.82) is 0 Å². The van der Waals surface area contributed by atoms with Gasteiger partial charge < -0.3 is 25.3 Å². The number of alkyl halides is 1. The number of halogens is 1. The number of likely N-dealkylation sites (N-methyl/N-ethyl adjacent to an activating group) is 1. The van der Waals surface area contributed by atoms with Gasteiger partial charge in [-0.25, -0.2) is 0 Å². The number of aromatic nitrogens is 1. The number of aromatic amines is 1. The Morgan fingerprint density at radius 2 is 2.03 bits per heavy atom. The molecule has 3 N–H and O–H groups in total. The Morgan fingerprint density at radius 3 is 2.71 bits per heavy atom. The molecule has 5 rings (SSSR count). The highest BCUT2D eigenvalue weighted by Gasteiger charge is 2.37. The number of nitrogens with one attached hydrogen (secondary N) is 1. The molecule has 0 saturated carbocycles. The Hall–Kier alpha value is -4.15. The highest BCUT2D eigenvalue weighted by molar-refractivity contribution is 6.20. The zero-order valence-corrected chi connectivity index (χ0v) is 21.6. The zero-order valence-electron chi connectivity index (χ0n) is 20.9. The number of benzene rings is 3. The summed E-state index contributed by atoms with van der Waals surface area (Å²) in [7, 11) is 3.94. The molecule has 1 aliphatic rings. The molecule has 1 aromatic heterocycles. The van der Waals surface area contributed by atoms with Crippen molar-refractivity contribution < 1.29 is 19.2 Å². The van der Waals surface area contributed by atoms with Gasteiger partial charge in [0.1, 0.15) is 18.1 Å². The summed E-state index contributed by atoms with van der Waals surface area (Å²) in [5.74, 6) is -0.522. The standard InChI is InChI=1S/C27H26ClN5O5/c1-31(2)8-9-38-17-6-7-20-15(10-17)11-21(30-20)27(35)32-14-16(13-28)24-18-4-3-5-19(26(29)34)25(18)23(33(36)37)12-22(24)32/h3-7,10-12,16,30H,8-9,13-14H2,1-2H3,(H2,29,34). The van der Waals surface area contributed by atoms with Gasteiger partial charge >= 0.3 is 0 Å². The second kappa shape index (κ2) is 9.96. The van der Waals surface area contributed by atoms with Gasteiger partial charge in [-0.1, -0.05) is 12.1 Å². The van der Waals surface area contributed by atoms with Gasteiger partial charge in [-0.3, -0.25) is 19.7 Å². The smallest absolute Gasteiger partial charge is 0.280 e. The number of rotatable bonds is 8. The first-order valence-corrected chi connectivity index (χ1v) is 12.5. The van der Waals surface area contributed by atoms with E-state index >= 15 is 0 Å². The number of nitrogens with zero attached hydrogens (tertiary/aromatic N) is 3. The molecule has 0 saturated heterocycles. The Kier molecular flexibility index (Phi) is 6.68. The SMILES string of the molecule is CN(C)CCOc1ccc2[nH]c(C(=O)N3CC(CCl)c4c3cc([N+](=O)[O-])c3c(C(N)=O)cccc43)cc2c1. The maximum Gasteiger partial charge on any atom is 0.280 e. The van der Waals surface area contributed by atoms with Crippen LogP contribution in [0.1, 0.15) is 32.3 Å². The number of carbonyl (C=O) groups is 2. The van der Waals surface area contributed by atoms with Gasteiger partial charge in [-0.15, -0.1) is 11.6 Å². The first kappa shape index (κ1) is 25.5. The van der Waals surface area contributed by atoms with Crippen LogP contribution in [0.4, 0.5) is 11.4 Å². The Labute approximate surface area is 223 Å². The number of carbonyl (C=O) groups excluding carboxylic acids is 2. The molecular formula is C27H26ClN5O5. The average molecular weight is 536 g/mol. The minimum absolute atomic E-state index is 0.0503. The van der Waals surface area contributed by atoms with Crippen LogP contribution in [0.25, 0.3) is 21.7 Å². The molecule has 0 bridgehead atoms. The summed E-state index contributed by atoms with van der Waals surface area (Å²) >= 11 is 6.31. The summed E-state index contributed by atoms with van der Waals surface area (Å²) in [6, 6.07) is 13.4. The molecular weight excluding hydrogens is 510 g/mol. The van der Waals surface area contributed by atoms with Crippen LogP contribution in [0, 0.1) is 10.1 Å². The predicted molar refractivity (Wildman–Crippen MR) is 147 cm³/mol. The van der Waals surface area contributed by atoms with Crippen molar-refractivity contribution in [1.82, 2.24) is 9.88 Å². The second-order valence-electron chi connectivity index (χ2n) is 9.53. The van der Waals surface area contributed by atoms with Crippen molar-refractivity contribution in [3.63, 3.8) is 0 Å². The lowest BCUT2D eigenvalue weighted by molar-refractivity contribution is -0.383. The fraction of sp³-hybridized carbons (Fsp3) is 0.259. The minimum Gasteiger partial charge on any atom is -0.492 e. The normalized spacial score (nSPS) is 14.8. The van der Waals surface area contributed by atoms with Crippen LogP contribution in [0.5, 0.6) is 5.75 Å². The number of fused-ring (bicyclic) bond motifs is 4.